The Labute approximate surface area is 200 Å². The van der Waals surface area contributed by atoms with Crippen molar-refractivity contribution in [2.24, 2.45) is 5.92 Å². The van der Waals surface area contributed by atoms with E-state index in [1.165, 1.54) is 5.57 Å². The Hall–Kier alpha value is -3.31. The number of benzene rings is 3. The van der Waals surface area contributed by atoms with Gasteiger partial charge in [-0.15, -0.1) is 0 Å². The SMILES string of the molecule is COc1ccc2c(c1)C(C)=C(c1ccccc1)C(c1ccc(OCCN3CC(CF)C3)cc1)O2. The quantitative estimate of drug-likeness (QED) is 0.411. The predicted molar refractivity (Wildman–Crippen MR) is 133 cm³/mol. The largest absolute Gasteiger partial charge is 0.497 e. The highest BCUT2D eigenvalue weighted by Crippen LogP contribution is 2.47. The first-order valence-electron chi connectivity index (χ1n) is 11.8. The number of fused-ring (bicyclic) bond motifs is 1. The Bertz CT molecular complexity index is 1150. The van der Waals surface area contributed by atoms with Gasteiger partial charge in [0.2, 0.25) is 0 Å². The summed E-state index contributed by atoms with van der Waals surface area (Å²) in [7, 11) is 1.68. The molecule has 1 atom stereocenters. The summed E-state index contributed by atoms with van der Waals surface area (Å²) in [6.45, 7) is 5.01. The molecule has 0 N–H and O–H groups in total. The molecule has 176 valence electrons. The lowest BCUT2D eigenvalue weighted by molar-refractivity contribution is 0.0668. The van der Waals surface area contributed by atoms with Crippen LogP contribution in [0.3, 0.4) is 0 Å². The lowest BCUT2D eigenvalue weighted by Gasteiger charge is -2.37. The van der Waals surface area contributed by atoms with Gasteiger partial charge in [-0.2, -0.15) is 0 Å². The van der Waals surface area contributed by atoms with E-state index in [2.05, 4.69) is 48.2 Å². The third kappa shape index (κ3) is 4.53. The molecule has 5 rings (SSSR count). The normalized spacial score (nSPS) is 18.1. The van der Waals surface area contributed by atoms with Crippen LogP contribution in [0.15, 0.2) is 72.8 Å². The van der Waals surface area contributed by atoms with Crippen LogP contribution in [0.1, 0.15) is 29.7 Å². The molecule has 0 aliphatic carbocycles. The Morgan fingerprint density at radius 2 is 1.71 bits per heavy atom. The molecule has 4 nitrogen and oxygen atoms in total. The molecule has 3 aromatic rings. The molecule has 2 aliphatic heterocycles. The molecular weight excluding hydrogens is 429 g/mol. The van der Waals surface area contributed by atoms with E-state index in [-0.39, 0.29) is 18.7 Å². The van der Waals surface area contributed by atoms with Gasteiger partial charge >= 0.3 is 0 Å². The van der Waals surface area contributed by atoms with E-state index in [0.29, 0.717) is 6.61 Å². The second-order valence-corrected chi connectivity index (χ2v) is 8.96. The molecule has 3 aromatic carbocycles. The third-order valence-corrected chi connectivity index (χ3v) is 6.70. The minimum absolute atomic E-state index is 0.205. The van der Waals surface area contributed by atoms with E-state index >= 15 is 0 Å². The van der Waals surface area contributed by atoms with Crippen LogP contribution >= 0.6 is 0 Å². The molecule has 2 heterocycles. The van der Waals surface area contributed by atoms with Crippen molar-refractivity contribution in [3.63, 3.8) is 0 Å². The van der Waals surface area contributed by atoms with Gasteiger partial charge in [0, 0.05) is 36.7 Å². The van der Waals surface area contributed by atoms with Gasteiger partial charge in [0.15, 0.2) is 0 Å². The molecule has 0 amide bonds. The maximum absolute atomic E-state index is 12.6. The zero-order chi connectivity index (χ0) is 23.5. The van der Waals surface area contributed by atoms with Crippen molar-refractivity contribution in [2.75, 3.05) is 40.0 Å². The maximum atomic E-state index is 12.6. The van der Waals surface area contributed by atoms with Crippen LogP contribution in [-0.4, -0.2) is 44.9 Å². The second kappa shape index (κ2) is 9.90. The van der Waals surface area contributed by atoms with Crippen molar-refractivity contribution in [1.29, 1.82) is 0 Å². The third-order valence-electron chi connectivity index (χ3n) is 6.70. The van der Waals surface area contributed by atoms with Gasteiger partial charge in [-0.25, -0.2) is 0 Å². The maximum Gasteiger partial charge on any atom is 0.150 e. The van der Waals surface area contributed by atoms with Crippen LogP contribution in [0.2, 0.25) is 0 Å². The molecule has 0 saturated carbocycles. The topological polar surface area (TPSA) is 30.9 Å². The highest BCUT2D eigenvalue weighted by atomic mass is 19.1. The summed E-state index contributed by atoms with van der Waals surface area (Å²) in [6.07, 6.45) is -0.226. The van der Waals surface area contributed by atoms with E-state index in [9.17, 15) is 4.39 Å². The summed E-state index contributed by atoms with van der Waals surface area (Å²) in [6, 6.07) is 24.5. The van der Waals surface area contributed by atoms with E-state index in [1.807, 2.05) is 36.4 Å². The average molecular weight is 460 g/mol. The number of rotatable bonds is 8. The molecule has 0 aromatic heterocycles. The number of hydrogen-bond acceptors (Lipinski definition) is 4. The number of halogens is 1. The van der Waals surface area contributed by atoms with Crippen molar-refractivity contribution < 1.29 is 18.6 Å². The Kier molecular flexibility index (Phi) is 6.54. The van der Waals surface area contributed by atoms with Crippen molar-refractivity contribution in [3.8, 4) is 17.2 Å². The highest BCUT2D eigenvalue weighted by Gasteiger charge is 2.30. The van der Waals surface area contributed by atoms with Crippen molar-refractivity contribution in [3.05, 3.63) is 89.5 Å². The monoisotopic (exact) mass is 459 g/mol. The van der Waals surface area contributed by atoms with Crippen LogP contribution in [-0.2, 0) is 0 Å². The number of nitrogens with zero attached hydrogens (tertiary/aromatic N) is 1. The predicted octanol–water partition coefficient (Wildman–Crippen LogP) is 6.04. The summed E-state index contributed by atoms with van der Waals surface area (Å²) < 4.78 is 30.5. The number of allylic oxidation sites excluding steroid dienone is 1. The van der Waals surface area contributed by atoms with Crippen molar-refractivity contribution >= 4 is 11.1 Å². The van der Waals surface area contributed by atoms with E-state index in [4.69, 9.17) is 14.2 Å². The number of hydrogen-bond donors (Lipinski definition) is 0. The van der Waals surface area contributed by atoms with Crippen LogP contribution in [0, 0.1) is 5.92 Å². The van der Waals surface area contributed by atoms with Gasteiger partial charge in [0.05, 0.1) is 13.8 Å². The van der Waals surface area contributed by atoms with Crippen LogP contribution in [0.25, 0.3) is 11.1 Å². The molecule has 1 unspecified atom stereocenters. The number of alkyl halides is 1. The summed E-state index contributed by atoms with van der Waals surface area (Å²) >= 11 is 0. The fourth-order valence-electron chi connectivity index (χ4n) is 4.77. The molecule has 2 aliphatic rings. The molecule has 5 heteroatoms. The lowest BCUT2D eigenvalue weighted by Crippen LogP contribution is -2.49. The number of methoxy groups -OCH3 is 1. The minimum Gasteiger partial charge on any atom is -0.497 e. The first-order valence-corrected chi connectivity index (χ1v) is 11.8. The van der Waals surface area contributed by atoms with Gasteiger partial charge in [0.25, 0.3) is 0 Å². The summed E-state index contributed by atoms with van der Waals surface area (Å²) in [4.78, 5) is 2.22. The number of ether oxygens (including phenoxy) is 3. The first kappa shape index (κ1) is 22.5. The summed E-state index contributed by atoms with van der Waals surface area (Å²) in [5, 5.41) is 0. The Balaban J connectivity index is 1.37. The van der Waals surface area contributed by atoms with Crippen LogP contribution in [0.4, 0.5) is 4.39 Å². The zero-order valence-electron chi connectivity index (χ0n) is 19.7. The average Bonchev–Trinajstić information content (AvgIpc) is 2.86. The smallest absolute Gasteiger partial charge is 0.150 e. The van der Waals surface area contributed by atoms with Crippen molar-refractivity contribution in [2.45, 2.75) is 13.0 Å². The van der Waals surface area contributed by atoms with E-state index in [0.717, 1.165) is 59.1 Å². The second-order valence-electron chi connectivity index (χ2n) is 8.96. The summed E-state index contributed by atoms with van der Waals surface area (Å²) in [5.74, 6) is 2.70. The molecule has 0 spiro atoms. The van der Waals surface area contributed by atoms with Crippen molar-refractivity contribution in [1.82, 2.24) is 4.90 Å². The molecule has 1 saturated heterocycles. The van der Waals surface area contributed by atoms with Gasteiger partial charge in [-0.3, -0.25) is 9.29 Å². The van der Waals surface area contributed by atoms with Gasteiger partial charge in [0.1, 0.15) is 30.0 Å². The van der Waals surface area contributed by atoms with Gasteiger partial charge in [-0.05, 0) is 54.0 Å². The summed E-state index contributed by atoms with van der Waals surface area (Å²) in [5.41, 5.74) is 5.59. The Morgan fingerprint density at radius 1 is 0.971 bits per heavy atom. The van der Waals surface area contributed by atoms with Crippen LogP contribution < -0.4 is 14.2 Å². The molecular formula is C29H30FNO3. The fraction of sp³-hybridized carbons (Fsp3) is 0.310. The van der Waals surface area contributed by atoms with E-state index < -0.39 is 0 Å². The minimum atomic E-state index is -0.226. The lowest BCUT2D eigenvalue weighted by atomic mass is 9.86. The fourth-order valence-corrected chi connectivity index (χ4v) is 4.77. The standard InChI is InChI=1S/C29H30FNO3/c1-20-26-16-25(32-2)12-13-27(26)34-29(28(20)22-6-4-3-5-7-22)23-8-10-24(11-9-23)33-15-14-31-18-21(17-30)19-31/h3-13,16,21,29H,14-15,17-19H2,1-2H3. The molecule has 0 radical (unpaired) electrons. The molecule has 1 fully saturated rings. The number of likely N-dealkylation sites (tertiary alicyclic amines) is 1. The zero-order valence-corrected chi connectivity index (χ0v) is 19.7. The van der Waals surface area contributed by atoms with E-state index in [1.54, 1.807) is 7.11 Å². The molecule has 0 bridgehead atoms. The first-order chi connectivity index (χ1) is 16.7. The highest BCUT2D eigenvalue weighted by molar-refractivity contribution is 5.95. The van der Waals surface area contributed by atoms with Gasteiger partial charge in [-0.1, -0.05) is 42.5 Å². The Morgan fingerprint density at radius 3 is 2.41 bits per heavy atom. The van der Waals surface area contributed by atoms with Crippen LogP contribution in [0.5, 0.6) is 17.2 Å². The van der Waals surface area contributed by atoms with Gasteiger partial charge < -0.3 is 14.2 Å². The molecule has 34 heavy (non-hydrogen) atoms.